The standard InChI is InChI=1S/C22H24N2O3S/c25-28(26,20-9-2-1-3-10-20)23-15-18-16-24(17-18)13-14-27-22-12-6-8-19-7-4-5-11-21(19)22/h1-12,18,23H,13-17H2. The van der Waals surface area contributed by atoms with E-state index in [-0.39, 0.29) is 0 Å². The molecule has 1 aliphatic heterocycles. The van der Waals surface area contributed by atoms with Gasteiger partial charge < -0.3 is 4.74 Å². The first-order valence-corrected chi connectivity index (χ1v) is 11.0. The maximum absolute atomic E-state index is 12.2. The van der Waals surface area contributed by atoms with E-state index in [2.05, 4.69) is 27.8 Å². The van der Waals surface area contributed by atoms with E-state index in [1.165, 1.54) is 5.39 Å². The second-order valence-corrected chi connectivity index (χ2v) is 8.88. The quantitative estimate of drug-likeness (QED) is 0.636. The van der Waals surface area contributed by atoms with Gasteiger partial charge in [0.15, 0.2) is 0 Å². The Balaban J connectivity index is 1.20. The molecular formula is C22H24N2O3S. The van der Waals surface area contributed by atoms with Crippen molar-refractivity contribution in [2.45, 2.75) is 4.90 Å². The highest BCUT2D eigenvalue weighted by Gasteiger charge is 2.27. The van der Waals surface area contributed by atoms with Crippen LogP contribution in [0.5, 0.6) is 5.75 Å². The zero-order valence-corrected chi connectivity index (χ0v) is 16.4. The maximum atomic E-state index is 12.2. The lowest BCUT2D eigenvalue weighted by atomic mass is 10.0. The second kappa shape index (κ2) is 8.31. The van der Waals surface area contributed by atoms with Gasteiger partial charge in [-0.05, 0) is 29.5 Å². The molecule has 0 amide bonds. The first-order valence-electron chi connectivity index (χ1n) is 9.49. The molecule has 28 heavy (non-hydrogen) atoms. The predicted octanol–water partition coefficient (Wildman–Crippen LogP) is 3.13. The third kappa shape index (κ3) is 4.35. The molecule has 4 rings (SSSR count). The van der Waals surface area contributed by atoms with Crippen molar-refractivity contribution < 1.29 is 13.2 Å². The van der Waals surface area contributed by atoms with Crippen molar-refractivity contribution in [1.82, 2.24) is 9.62 Å². The maximum Gasteiger partial charge on any atom is 0.240 e. The summed E-state index contributed by atoms with van der Waals surface area (Å²) >= 11 is 0. The van der Waals surface area contributed by atoms with Crippen LogP contribution >= 0.6 is 0 Å². The molecule has 0 unspecified atom stereocenters. The highest BCUT2D eigenvalue weighted by atomic mass is 32.2. The summed E-state index contributed by atoms with van der Waals surface area (Å²) < 4.78 is 33.2. The molecule has 0 bridgehead atoms. The fourth-order valence-corrected chi connectivity index (χ4v) is 4.64. The lowest BCUT2D eigenvalue weighted by molar-refractivity contribution is 0.0857. The predicted molar refractivity (Wildman–Crippen MR) is 111 cm³/mol. The number of fused-ring (bicyclic) bond motifs is 1. The van der Waals surface area contributed by atoms with Gasteiger partial charge in [-0.1, -0.05) is 54.6 Å². The highest BCUT2D eigenvalue weighted by Crippen LogP contribution is 2.25. The van der Waals surface area contributed by atoms with Crippen molar-refractivity contribution >= 4 is 20.8 Å². The summed E-state index contributed by atoms with van der Waals surface area (Å²) in [4.78, 5) is 2.60. The minimum absolute atomic E-state index is 0.315. The number of benzene rings is 3. The number of sulfonamides is 1. The first kappa shape index (κ1) is 18.9. The third-order valence-corrected chi connectivity index (χ3v) is 6.50. The Morgan fingerprint density at radius 1 is 0.929 bits per heavy atom. The Hall–Kier alpha value is -2.41. The second-order valence-electron chi connectivity index (χ2n) is 7.12. The molecule has 5 nitrogen and oxygen atoms in total. The Morgan fingerprint density at radius 2 is 1.64 bits per heavy atom. The van der Waals surface area contributed by atoms with Crippen molar-refractivity contribution in [2.75, 3.05) is 32.8 Å². The molecule has 3 aromatic carbocycles. The van der Waals surface area contributed by atoms with Crippen molar-refractivity contribution in [3.63, 3.8) is 0 Å². The minimum atomic E-state index is -3.42. The van der Waals surface area contributed by atoms with Crippen LogP contribution in [0, 0.1) is 5.92 Å². The van der Waals surface area contributed by atoms with E-state index < -0.39 is 10.0 Å². The van der Waals surface area contributed by atoms with Crippen LogP contribution in [0.15, 0.2) is 77.7 Å². The van der Waals surface area contributed by atoms with E-state index in [1.54, 1.807) is 24.3 Å². The molecule has 6 heteroatoms. The molecule has 3 aromatic rings. The normalized spacial score (nSPS) is 15.4. The Bertz CT molecular complexity index is 1030. The lowest BCUT2D eigenvalue weighted by Gasteiger charge is -2.39. The van der Waals surface area contributed by atoms with Gasteiger partial charge in [0.1, 0.15) is 12.4 Å². The van der Waals surface area contributed by atoms with Crippen molar-refractivity contribution in [1.29, 1.82) is 0 Å². The van der Waals surface area contributed by atoms with E-state index in [0.717, 1.165) is 30.8 Å². The van der Waals surface area contributed by atoms with Gasteiger partial charge in [0.05, 0.1) is 4.90 Å². The van der Waals surface area contributed by atoms with E-state index in [0.29, 0.717) is 24.0 Å². The fourth-order valence-electron chi connectivity index (χ4n) is 3.51. The van der Waals surface area contributed by atoms with Crippen molar-refractivity contribution in [2.24, 2.45) is 5.92 Å². The van der Waals surface area contributed by atoms with Gasteiger partial charge in [0, 0.05) is 31.6 Å². The molecular weight excluding hydrogens is 372 g/mol. The van der Waals surface area contributed by atoms with Crippen LogP contribution in [0.2, 0.25) is 0 Å². The monoisotopic (exact) mass is 396 g/mol. The van der Waals surface area contributed by atoms with Gasteiger partial charge in [0.2, 0.25) is 10.0 Å². The SMILES string of the molecule is O=S(=O)(NCC1CN(CCOc2cccc3ccccc23)C1)c1ccccc1. The Morgan fingerprint density at radius 3 is 2.46 bits per heavy atom. The summed E-state index contributed by atoms with van der Waals surface area (Å²) in [5.41, 5.74) is 0. The average Bonchev–Trinajstić information content (AvgIpc) is 2.69. The topological polar surface area (TPSA) is 58.6 Å². The molecule has 0 aliphatic carbocycles. The summed E-state index contributed by atoms with van der Waals surface area (Å²) in [6.07, 6.45) is 0. The van der Waals surface area contributed by atoms with Crippen LogP contribution in [0.3, 0.4) is 0 Å². The molecule has 1 heterocycles. The van der Waals surface area contributed by atoms with Gasteiger partial charge in [-0.25, -0.2) is 13.1 Å². The molecule has 0 radical (unpaired) electrons. The lowest BCUT2D eigenvalue weighted by Crippen LogP contribution is -2.52. The van der Waals surface area contributed by atoms with Gasteiger partial charge in [-0.3, -0.25) is 4.90 Å². The van der Waals surface area contributed by atoms with Crippen LogP contribution in [-0.2, 0) is 10.0 Å². The fraction of sp³-hybridized carbons (Fsp3) is 0.273. The minimum Gasteiger partial charge on any atom is -0.492 e. The van der Waals surface area contributed by atoms with Gasteiger partial charge in [-0.2, -0.15) is 0 Å². The number of ether oxygens (including phenoxy) is 1. The van der Waals surface area contributed by atoms with Crippen molar-refractivity contribution in [3.05, 3.63) is 72.8 Å². The molecule has 146 valence electrons. The van der Waals surface area contributed by atoms with Crippen LogP contribution in [0.25, 0.3) is 10.8 Å². The average molecular weight is 397 g/mol. The summed E-state index contributed by atoms with van der Waals surface area (Å²) in [5, 5.41) is 2.30. The Kier molecular flexibility index (Phi) is 5.62. The van der Waals surface area contributed by atoms with Crippen molar-refractivity contribution in [3.8, 4) is 5.75 Å². The number of rotatable bonds is 8. The summed E-state index contributed by atoms with van der Waals surface area (Å²) in [7, 11) is -3.42. The molecule has 1 saturated heterocycles. The Labute approximate surface area is 166 Å². The largest absolute Gasteiger partial charge is 0.492 e. The first-order chi connectivity index (χ1) is 13.6. The zero-order valence-electron chi connectivity index (χ0n) is 15.6. The van der Waals surface area contributed by atoms with Crippen LogP contribution in [-0.4, -0.2) is 46.1 Å². The van der Waals surface area contributed by atoms with E-state index >= 15 is 0 Å². The van der Waals surface area contributed by atoms with Crippen LogP contribution in [0.1, 0.15) is 0 Å². The number of hydrogen-bond donors (Lipinski definition) is 1. The third-order valence-electron chi connectivity index (χ3n) is 5.06. The molecule has 0 atom stereocenters. The summed E-state index contributed by atoms with van der Waals surface area (Å²) in [5.74, 6) is 1.25. The number of nitrogens with zero attached hydrogens (tertiary/aromatic N) is 1. The molecule has 0 spiro atoms. The molecule has 1 N–H and O–H groups in total. The van der Waals surface area contributed by atoms with Crippen LogP contribution < -0.4 is 9.46 Å². The highest BCUT2D eigenvalue weighted by molar-refractivity contribution is 7.89. The number of nitrogens with one attached hydrogen (secondary N) is 1. The van der Waals surface area contributed by atoms with E-state index in [1.807, 2.05) is 30.3 Å². The van der Waals surface area contributed by atoms with E-state index in [4.69, 9.17) is 4.74 Å². The van der Waals surface area contributed by atoms with Crippen LogP contribution in [0.4, 0.5) is 0 Å². The number of hydrogen-bond acceptors (Lipinski definition) is 4. The zero-order chi connectivity index (χ0) is 19.4. The van der Waals surface area contributed by atoms with Gasteiger partial charge in [-0.15, -0.1) is 0 Å². The summed E-state index contributed by atoms with van der Waals surface area (Å²) in [6, 6.07) is 22.8. The van der Waals surface area contributed by atoms with Gasteiger partial charge in [0.25, 0.3) is 0 Å². The molecule has 1 aliphatic rings. The molecule has 1 fully saturated rings. The molecule has 0 aromatic heterocycles. The molecule has 0 saturated carbocycles. The van der Waals surface area contributed by atoms with E-state index in [9.17, 15) is 8.42 Å². The number of likely N-dealkylation sites (tertiary alicyclic amines) is 1. The van der Waals surface area contributed by atoms with Gasteiger partial charge >= 0.3 is 0 Å². The summed E-state index contributed by atoms with van der Waals surface area (Å²) in [6.45, 7) is 3.70. The smallest absolute Gasteiger partial charge is 0.240 e.